The Labute approximate surface area is 91.0 Å². The summed E-state index contributed by atoms with van der Waals surface area (Å²) in [5.74, 6) is 0.932. The number of hydrogen-bond acceptors (Lipinski definition) is 5. The molecule has 2 aliphatic heterocycles. The highest BCUT2D eigenvalue weighted by Gasteiger charge is 2.16. The number of aliphatic imine (C=N–C) groups is 1. The summed E-state index contributed by atoms with van der Waals surface area (Å²) >= 11 is 0. The van der Waals surface area contributed by atoms with Gasteiger partial charge in [-0.1, -0.05) is 6.07 Å². The van der Waals surface area contributed by atoms with Crippen LogP contribution >= 0.6 is 0 Å². The minimum absolute atomic E-state index is 0.232. The van der Waals surface area contributed by atoms with Crippen LogP contribution in [0.25, 0.3) is 6.08 Å². The lowest BCUT2D eigenvalue weighted by Gasteiger charge is -1.97. The molecule has 16 heavy (non-hydrogen) atoms. The molecule has 80 valence electrons. The lowest BCUT2D eigenvalue weighted by molar-refractivity contribution is -0.129. The van der Waals surface area contributed by atoms with Gasteiger partial charge in [0, 0.05) is 0 Å². The quantitative estimate of drug-likeness (QED) is 0.526. The summed E-state index contributed by atoms with van der Waals surface area (Å²) in [5.41, 5.74) is 1.09. The third-order valence-corrected chi connectivity index (χ3v) is 2.26. The fourth-order valence-corrected chi connectivity index (χ4v) is 1.50. The van der Waals surface area contributed by atoms with E-state index in [1.54, 1.807) is 18.2 Å². The molecule has 0 bridgehead atoms. The minimum Gasteiger partial charge on any atom is -0.454 e. The third kappa shape index (κ3) is 1.42. The molecule has 0 unspecified atom stereocenters. The molecular formula is C11H7NO4. The zero-order valence-corrected chi connectivity index (χ0v) is 8.17. The summed E-state index contributed by atoms with van der Waals surface area (Å²) in [4.78, 5) is 14.9. The van der Waals surface area contributed by atoms with Crippen molar-refractivity contribution in [3.8, 4) is 11.5 Å². The van der Waals surface area contributed by atoms with E-state index in [1.807, 2.05) is 6.07 Å². The molecule has 5 nitrogen and oxygen atoms in total. The number of nitrogens with zero attached hydrogens (tertiary/aromatic N) is 1. The van der Waals surface area contributed by atoms with Crippen molar-refractivity contribution in [1.82, 2.24) is 0 Å². The van der Waals surface area contributed by atoms with Gasteiger partial charge in [0.25, 0.3) is 0 Å². The van der Waals surface area contributed by atoms with Gasteiger partial charge in [-0.15, -0.1) is 0 Å². The average Bonchev–Trinajstić information content (AvgIpc) is 2.88. The van der Waals surface area contributed by atoms with E-state index in [2.05, 4.69) is 9.73 Å². The molecular weight excluding hydrogens is 210 g/mol. The summed E-state index contributed by atoms with van der Waals surface area (Å²) in [5, 5.41) is 0. The zero-order valence-electron chi connectivity index (χ0n) is 8.17. The highest BCUT2D eigenvalue weighted by atomic mass is 16.7. The molecule has 2 aliphatic rings. The van der Waals surface area contributed by atoms with Crippen molar-refractivity contribution in [2.45, 2.75) is 0 Å². The molecule has 0 spiro atoms. The Balaban J connectivity index is 1.96. The lowest BCUT2D eigenvalue weighted by Crippen LogP contribution is -1.95. The summed E-state index contributed by atoms with van der Waals surface area (Å²) in [6.45, 7) is 0.232. The largest absolute Gasteiger partial charge is 0.454 e. The number of carbonyl (C=O) groups is 1. The van der Waals surface area contributed by atoms with E-state index in [1.165, 1.54) is 0 Å². The van der Waals surface area contributed by atoms with Gasteiger partial charge in [0.2, 0.25) is 6.79 Å². The van der Waals surface area contributed by atoms with Gasteiger partial charge in [-0.2, -0.15) is 0 Å². The Bertz CT molecular complexity index is 519. The van der Waals surface area contributed by atoms with Crippen molar-refractivity contribution in [3.05, 3.63) is 29.5 Å². The average molecular weight is 217 g/mol. The van der Waals surface area contributed by atoms with Crippen LogP contribution in [0.15, 0.2) is 28.9 Å². The van der Waals surface area contributed by atoms with Crippen LogP contribution in [0.1, 0.15) is 5.56 Å². The molecule has 0 aromatic heterocycles. The van der Waals surface area contributed by atoms with Crippen molar-refractivity contribution in [2.24, 2.45) is 4.99 Å². The normalized spacial score (nSPS) is 19.2. The standard InChI is InChI=1S/C11H7NO4/c13-11-8(12-5-14-11)3-7-1-2-9-10(4-7)16-6-15-9/h1-5H,6H2. The van der Waals surface area contributed by atoms with Crippen LogP contribution in [-0.4, -0.2) is 19.2 Å². The van der Waals surface area contributed by atoms with Crippen LogP contribution in [0, 0.1) is 0 Å². The zero-order chi connectivity index (χ0) is 11.0. The van der Waals surface area contributed by atoms with Crippen molar-refractivity contribution in [2.75, 3.05) is 6.79 Å². The van der Waals surface area contributed by atoms with Gasteiger partial charge in [0.05, 0.1) is 0 Å². The molecule has 0 fully saturated rings. The van der Waals surface area contributed by atoms with Gasteiger partial charge < -0.3 is 14.2 Å². The van der Waals surface area contributed by atoms with E-state index < -0.39 is 5.97 Å². The monoisotopic (exact) mass is 217 g/mol. The van der Waals surface area contributed by atoms with E-state index in [4.69, 9.17) is 9.47 Å². The van der Waals surface area contributed by atoms with Gasteiger partial charge in [0.15, 0.2) is 23.6 Å². The first kappa shape index (κ1) is 8.96. The topological polar surface area (TPSA) is 57.1 Å². The number of hydrogen-bond donors (Lipinski definition) is 0. The van der Waals surface area contributed by atoms with E-state index in [0.29, 0.717) is 11.5 Å². The molecule has 0 radical (unpaired) electrons. The molecule has 0 saturated carbocycles. The van der Waals surface area contributed by atoms with Crippen molar-refractivity contribution in [1.29, 1.82) is 0 Å². The molecule has 2 heterocycles. The van der Waals surface area contributed by atoms with Crippen LogP contribution in [0.2, 0.25) is 0 Å². The number of cyclic esters (lactones) is 1. The molecule has 0 aliphatic carbocycles. The second-order valence-electron chi connectivity index (χ2n) is 3.28. The second kappa shape index (κ2) is 3.37. The van der Waals surface area contributed by atoms with Gasteiger partial charge in [0.1, 0.15) is 0 Å². The molecule has 5 heteroatoms. The predicted octanol–water partition coefficient (Wildman–Crippen LogP) is 1.34. The number of rotatable bonds is 1. The molecule has 1 aromatic rings. The first-order valence-corrected chi connectivity index (χ1v) is 4.68. The Morgan fingerprint density at radius 2 is 2.12 bits per heavy atom. The maximum atomic E-state index is 11.1. The Morgan fingerprint density at radius 1 is 1.25 bits per heavy atom. The number of carbonyl (C=O) groups excluding carboxylic acids is 1. The fraction of sp³-hybridized carbons (Fsp3) is 0.0909. The summed E-state index contributed by atoms with van der Waals surface area (Å²) in [6, 6.07) is 5.40. The van der Waals surface area contributed by atoms with Crippen molar-refractivity contribution < 1.29 is 19.0 Å². The van der Waals surface area contributed by atoms with Crippen molar-refractivity contribution >= 4 is 18.4 Å². The van der Waals surface area contributed by atoms with Gasteiger partial charge in [-0.3, -0.25) is 0 Å². The molecule has 3 rings (SSSR count). The van der Waals surface area contributed by atoms with E-state index in [-0.39, 0.29) is 12.5 Å². The Hall–Kier alpha value is -2.30. The summed E-state index contributed by atoms with van der Waals surface area (Å²) < 4.78 is 15.0. The van der Waals surface area contributed by atoms with Crippen LogP contribution in [0.3, 0.4) is 0 Å². The first-order valence-electron chi connectivity index (χ1n) is 4.68. The number of esters is 1. The number of ether oxygens (including phenoxy) is 3. The number of benzene rings is 1. The van der Waals surface area contributed by atoms with Crippen LogP contribution < -0.4 is 9.47 Å². The van der Waals surface area contributed by atoms with Crippen LogP contribution in [0.4, 0.5) is 0 Å². The first-order chi connectivity index (χ1) is 7.83. The van der Waals surface area contributed by atoms with E-state index in [9.17, 15) is 4.79 Å². The lowest BCUT2D eigenvalue weighted by atomic mass is 10.1. The Morgan fingerprint density at radius 3 is 2.94 bits per heavy atom. The van der Waals surface area contributed by atoms with Crippen molar-refractivity contribution in [3.63, 3.8) is 0 Å². The summed E-state index contributed by atoms with van der Waals surface area (Å²) in [6.07, 6.45) is 2.76. The van der Waals surface area contributed by atoms with Gasteiger partial charge >= 0.3 is 5.97 Å². The maximum Gasteiger partial charge on any atom is 0.363 e. The smallest absolute Gasteiger partial charge is 0.363 e. The molecule has 0 atom stereocenters. The molecule has 0 amide bonds. The van der Waals surface area contributed by atoms with Gasteiger partial charge in [-0.05, 0) is 23.8 Å². The maximum absolute atomic E-state index is 11.1. The predicted molar refractivity (Wildman–Crippen MR) is 55.1 cm³/mol. The second-order valence-corrected chi connectivity index (χ2v) is 3.28. The molecule has 1 aromatic carbocycles. The van der Waals surface area contributed by atoms with E-state index in [0.717, 1.165) is 12.0 Å². The third-order valence-electron chi connectivity index (χ3n) is 2.26. The SMILES string of the molecule is O=C1OC=NC1=Cc1ccc2c(c1)OCO2. The van der Waals surface area contributed by atoms with Crippen LogP contribution in [-0.2, 0) is 9.53 Å². The van der Waals surface area contributed by atoms with Gasteiger partial charge in [-0.25, -0.2) is 9.79 Å². The Kier molecular flexibility index (Phi) is 1.89. The number of fused-ring (bicyclic) bond motifs is 1. The molecule has 0 N–H and O–H groups in total. The van der Waals surface area contributed by atoms with Crippen LogP contribution in [0.5, 0.6) is 11.5 Å². The minimum atomic E-state index is -0.447. The highest BCUT2D eigenvalue weighted by Crippen LogP contribution is 2.33. The fourth-order valence-electron chi connectivity index (χ4n) is 1.50. The highest BCUT2D eigenvalue weighted by molar-refractivity contribution is 6.01. The van der Waals surface area contributed by atoms with E-state index >= 15 is 0 Å². The summed E-state index contributed by atoms with van der Waals surface area (Å²) in [7, 11) is 0. The molecule has 0 saturated heterocycles.